The molecule has 3 aromatic carbocycles. The monoisotopic (exact) mass is 455 g/mol. The van der Waals surface area contributed by atoms with Gasteiger partial charge in [-0.25, -0.2) is 0 Å². The summed E-state index contributed by atoms with van der Waals surface area (Å²) in [4.78, 5) is 26.2. The van der Waals surface area contributed by atoms with Crippen LogP contribution in [0.3, 0.4) is 0 Å². The van der Waals surface area contributed by atoms with Crippen LogP contribution in [0.1, 0.15) is 42.9 Å². The Bertz CT molecular complexity index is 1280. The van der Waals surface area contributed by atoms with Crippen LogP contribution < -0.4 is 0 Å². The maximum Gasteiger partial charge on any atom is 0.270 e. The number of rotatable bonds is 9. The lowest BCUT2D eigenvalue weighted by atomic mass is 9.87. The highest BCUT2D eigenvalue weighted by Gasteiger charge is 2.25. The van der Waals surface area contributed by atoms with Gasteiger partial charge in [0.2, 0.25) is 5.91 Å². The Hall–Kier alpha value is -3.93. The molecule has 34 heavy (non-hydrogen) atoms. The van der Waals surface area contributed by atoms with Crippen molar-refractivity contribution in [3.63, 3.8) is 0 Å². The number of non-ortho nitro benzene ring substituents is 1. The maximum absolute atomic E-state index is 13.2. The molecule has 0 aliphatic carbocycles. The highest BCUT2D eigenvalue weighted by molar-refractivity contribution is 5.88. The Morgan fingerprint density at radius 3 is 2.24 bits per heavy atom. The Balaban J connectivity index is 1.87. The van der Waals surface area contributed by atoms with E-state index in [0.717, 1.165) is 27.6 Å². The van der Waals surface area contributed by atoms with Crippen molar-refractivity contribution in [1.29, 1.82) is 0 Å². The molecule has 1 aromatic heterocycles. The highest BCUT2D eigenvalue weighted by atomic mass is 16.6. The Morgan fingerprint density at radius 2 is 1.62 bits per heavy atom. The minimum absolute atomic E-state index is 0.0492. The fourth-order valence-electron chi connectivity index (χ4n) is 4.59. The van der Waals surface area contributed by atoms with Gasteiger partial charge in [-0.3, -0.25) is 14.9 Å². The van der Waals surface area contributed by atoms with E-state index in [1.54, 1.807) is 12.1 Å². The second-order valence-electron chi connectivity index (χ2n) is 8.39. The predicted molar refractivity (Wildman–Crippen MR) is 135 cm³/mol. The van der Waals surface area contributed by atoms with E-state index < -0.39 is 0 Å². The molecule has 0 fully saturated rings. The molecule has 0 radical (unpaired) electrons. The zero-order valence-corrected chi connectivity index (χ0v) is 19.6. The highest BCUT2D eigenvalue weighted by Crippen LogP contribution is 2.37. The molecule has 4 rings (SSSR count). The predicted octanol–water partition coefficient (Wildman–Crippen LogP) is 5.99. The van der Waals surface area contributed by atoms with Crippen LogP contribution in [0, 0.1) is 10.1 Å². The van der Waals surface area contributed by atoms with E-state index in [1.807, 2.05) is 73.3 Å². The Morgan fingerprint density at radius 1 is 0.971 bits per heavy atom. The van der Waals surface area contributed by atoms with Gasteiger partial charge in [-0.2, -0.15) is 0 Å². The number of amides is 1. The minimum atomic E-state index is -0.365. The number of hydrogen-bond acceptors (Lipinski definition) is 3. The van der Waals surface area contributed by atoms with Crippen molar-refractivity contribution in [3.8, 4) is 0 Å². The summed E-state index contributed by atoms with van der Waals surface area (Å²) in [5.41, 5.74) is 4.06. The number of nitrogens with zero attached hydrogens (tertiary/aromatic N) is 3. The molecule has 1 amide bonds. The van der Waals surface area contributed by atoms with Crippen LogP contribution in [0.4, 0.5) is 5.69 Å². The molecule has 6 heteroatoms. The third-order valence-corrected chi connectivity index (χ3v) is 6.37. The Labute approximate surface area is 199 Å². The van der Waals surface area contributed by atoms with Gasteiger partial charge in [0.1, 0.15) is 0 Å². The minimum Gasteiger partial charge on any atom is -0.343 e. The van der Waals surface area contributed by atoms with Crippen molar-refractivity contribution in [1.82, 2.24) is 9.47 Å². The number of carbonyl (C=O) groups is 1. The van der Waals surface area contributed by atoms with E-state index in [9.17, 15) is 14.9 Å². The van der Waals surface area contributed by atoms with Gasteiger partial charge in [0.15, 0.2) is 0 Å². The number of nitro groups is 1. The van der Waals surface area contributed by atoms with Gasteiger partial charge in [0, 0.05) is 61.2 Å². The second kappa shape index (κ2) is 10.3. The summed E-state index contributed by atoms with van der Waals surface area (Å²) in [5, 5.41) is 12.4. The molecule has 0 spiro atoms. The molecule has 0 N–H and O–H groups in total. The van der Waals surface area contributed by atoms with Crippen molar-refractivity contribution < 1.29 is 9.72 Å². The number of fused-ring (bicyclic) bond motifs is 1. The van der Waals surface area contributed by atoms with Crippen LogP contribution >= 0.6 is 0 Å². The molecule has 0 saturated carbocycles. The van der Waals surface area contributed by atoms with Crippen molar-refractivity contribution in [3.05, 3.63) is 112 Å². The van der Waals surface area contributed by atoms with Crippen LogP contribution in [-0.4, -0.2) is 33.4 Å². The molecule has 0 bridgehead atoms. The first kappa shape index (κ1) is 23.2. The normalized spacial score (nSPS) is 11.9. The number of hydrogen-bond donors (Lipinski definition) is 0. The van der Waals surface area contributed by atoms with Gasteiger partial charge in [0.05, 0.1) is 4.92 Å². The summed E-state index contributed by atoms with van der Waals surface area (Å²) in [6.45, 7) is 5.90. The topological polar surface area (TPSA) is 68.4 Å². The van der Waals surface area contributed by atoms with Crippen LogP contribution in [0.15, 0.2) is 85.1 Å². The molecule has 0 aliphatic rings. The number of nitro benzene ring substituents is 1. The van der Waals surface area contributed by atoms with E-state index in [-0.39, 0.29) is 22.4 Å². The van der Waals surface area contributed by atoms with Gasteiger partial charge in [0.25, 0.3) is 5.69 Å². The van der Waals surface area contributed by atoms with Crippen molar-refractivity contribution in [2.45, 2.75) is 32.7 Å². The van der Waals surface area contributed by atoms with Gasteiger partial charge >= 0.3 is 0 Å². The SMILES string of the molecule is CCN(CC)C(=O)CC(c1ccccc1)c1cn(Cc2ccccc2)c2ccc([N+](=O)[O-])cc12. The third-order valence-electron chi connectivity index (χ3n) is 6.37. The first-order valence-electron chi connectivity index (χ1n) is 11.7. The molecule has 1 unspecified atom stereocenters. The molecular formula is C28H29N3O3. The fraction of sp³-hybridized carbons (Fsp3) is 0.250. The quantitative estimate of drug-likeness (QED) is 0.230. The first-order valence-corrected chi connectivity index (χ1v) is 11.7. The number of aromatic nitrogens is 1. The van der Waals surface area contributed by atoms with E-state index >= 15 is 0 Å². The second-order valence-corrected chi connectivity index (χ2v) is 8.39. The van der Waals surface area contributed by atoms with Crippen LogP contribution in [-0.2, 0) is 11.3 Å². The van der Waals surface area contributed by atoms with Gasteiger partial charge in [-0.1, -0.05) is 60.7 Å². The van der Waals surface area contributed by atoms with Crippen molar-refractivity contribution >= 4 is 22.5 Å². The van der Waals surface area contributed by atoms with E-state index in [0.29, 0.717) is 26.1 Å². The maximum atomic E-state index is 13.2. The van der Waals surface area contributed by atoms with Crippen molar-refractivity contribution in [2.24, 2.45) is 0 Å². The zero-order chi connectivity index (χ0) is 24.1. The fourth-order valence-corrected chi connectivity index (χ4v) is 4.59. The van der Waals surface area contributed by atoms with Crippen molar-refractivity contribution in [2.75, 3.05) is 13.1 Å². The third kappa shape index (κ3) is 4.86. The van der Waals surface area contributed by atoms with Gasteiger partial charge in [-0.05, 0) is 36.6 Å². The molecule has 1 heterocycles. The van der Waals surface area contributed by atoms with E-state index in [4.69, 9.17) is 0 Å². The van der Waals surface area contributed by atoms with Gasteiger partial charge in [-0.15, -0.1) is 0 Å². The van der Waals surface area contributed by atoms with E-state index in [1.165, 1.54) is 0 Å². The standard InChI is InChI=1S/C28H29N3O3/c1-3-29(4-2)28(32)18-24(22-13-9-6-10-14-22)26-20-30(19-21-11-7-5-8-12-21)27-16-15-23(31(33)34)17-25(26)27/h5-17,20,24H,3-4,18-19H2,1-2H3. The number of carbonyl (C=O) groups excluding carboxylic acids is 1. The Kier molecular flexibility index (Phi) is 7.07. The van der Waals surface area contributed by atoms with Crippen LogP contribution in [0.2, 0.25) is 0 Å². The lowest BCUT2D eigenvalue weighted by Gasteiger charge is -2.23. The molecule has 4 aromatic rings. The molecule has 174 valence electrons. The lowest BCUT2D eigenvalue weighted by molar-refractivity contribution is -0.384. The summed E-state index contributed by atoms with van der Waals surface area (Å²) in [5.74, 6) is -0.135. The van der Waals surface area contributed by atoms with E-state index in [2.05, 4.69) is 22.9 Å². The van der Waals surface area contributed by atoms with Crippen LogP contribution in [0.25, 0.3) is 10.9 Å². The zero-order valence-electron chi connectivity index (χ0n) is 19.6. The lowest BCUT2D eigenvalue weighted by Crippen LogP contribution is -2.31. The summed E-state index contributed by atoms with van der Waals surface area (Å²) < 4.78 is 2.13. The molecule has 1 atom stereocenters. The molecular weight excluding hydrogens is 426 g/mol. The average Bonchev–Trinajstić information content (AvgIpc) is 3.21. The summed E-state index contributed by atoms with van der Waals surface area (Å²) in [7, 11) is 0. The molecule has 0 saturated heterocycles. The largest absolute Gasteiger partial charge is 0.343 e. The van der Waals surface area contributed by atoms with Crippen LogP contribution in [0.5, 0.6) is 0 Å². The summed E-state index contributed by atoms with van der Waals surface area (Å²) in [6.07, 6.45) is 2.37. The molecule has 0 aliphatic heterocycles. The average molecular weight is 456 g/mol. The summed E-state index contributed by atoms with van der Waals surface area (Å²) in [6, 6.07) is 25.1. The smallest absolute Gasteiger partial charge is 0.270 e. The first-order chi connectivity index (χ1) is 16.5. The van der Waals surface area contributed by atoms with Gasteiger partial charge < -0.3 is 9.47 Å². The summed E-state index contributed by atoms with van der Waals surface area (Å²) >= 11 is 0. The molecule has 6 nitrogen and oxygen atoms in total. The number of benzene rings is 3.